The molecule has 0 aliphatic heterocycles. The highest BCUT2D eigenvalue weighted by Gasteiger charge is 2.16. The van der Waals surface area contributed by atoms with Gasteiger partial charge < -0.3 is 14.2 Å². The number of ether oxygens (including phenoxy) is 3. The van der Waals surface area contributed by atoms with Gasteiger partial charge >= 0.3 is 5.97 Å². The van der Waals surface area contributed by atoms with Crippen molar-refractivity contribution in [3.63, 3.8) is 0 Å². The molecule has 2 aromatic carbocycles. The topological polar surface area (TPSA) is 44.8 Å². The zero-order valence-electron chi connectivity index (χ0n) is 21.0. The fourth-order valence-electron chi connectivity index (χ4n) is 3.94. The fourth-order valence-corrected chi connectivity index (χ4v) is 3.94. The molecule has 0 aliphatic carbocycles. The summed E-state index contributed by atoms with van der Waals surface area (Å²) in [6.45, 7) is 9.05. The van der Waals surface area contributed by atoms with Crippen molar-refractivity contribution < 1.29 is 19.0 Å². The first-order chi connectivity index (χ1) is 16.1. The van der Waals surface area contributed by atoms with E-state index in [-0.39, 0.29) is 18.2 Å². The normalized spacial score (nSPS) is 12.8. The highest BCUT2D eigenvalue weighted by molar-refractivity contribution is 5.91. The molecule has 2 rings (SSSR count). The Kier molecular flexibility index (Phi) is 12.6. The number of para-hydroxylation sites is 2. The molecule has 0 saturated heterocycles. The van der Waals surface area contributed by atoms with Crippen LogP contribution in [0.25, 0.3) is 0 Å². The van der Waals surface area contributed by atoms with Gasteiger partial charge in [-0.15, -0.1) is 0 Å². The summed E-state index contributed by atoms with van der Waals surface area (Å²) >= 11 is 0. The lowest BCUT2D eigenvalue weighted by Crippen LogP contribution is -2.17. The quantitative estimate of drug-likeness (QED) is 0.145. The Balaban J connectivity index is 1.98. The van der Waals surface area contributed by atoms with E-state index < -0.39 is 0 Å². The van der Waals surface area contributed by atoms with Crippen LogP contribution in [-0.2, 0) is 4.74 Å². The van der Waals surface area contributed by atoms with Crippen LogP contribution in [0.15, 0.2) is 48.5 Å². The molecule has 0 bridgehead atoms. The maximum Gasteiger partial charge on any atom is 0.343 e. The van der Waals surface area contributed by atoms with Crippen LogP contribution in [0.3, 0.4) is 0 Å². The zero-order valence-corrected chi connectivity index (χ0v) is 21.0. The molecule has 2 aromatic rings. The van der Waals surface area contributed by atoms with E-state index in [2.05, 4.69) is 13.8 Å². The summed E-state index contributed by atoms with van der Waals surface area (Å²) < 4.78 is 17.7. The van der Waals surface area contributed by atoms with Crippen LogP contribution >= 0.6 is 0 Å². The minimum absolute atomic E-state index is 0.00339. The van der Waals surface area contributed by atoms with Gasteiger partial charge in [-0.25, -0.2) is 4.79 Å². The summed E-state index contributed by atoms with van der Waals surface area (Å²) in [5.41, 5.74) is 1.55. The minimum Gasteiger partial charge on any atom is -0.487 e. The van der Waals surface area contributed by atoms with E-state index in [0.29, 0.717) is 23.7 Å². The average Bonchev–Trinajstić information content (AvgIpc) is 2.82. The van der Waals surface area contributed by atoms with Crippen LogP contribution in [0.1, 0.15) is 108 Å². The Morgan fingerprint density at radius 1 is 0.788 bits per heavy atom. The van der Waals surface area contributed by atoms with E-state index in [1.807, 2.05) is 44.2 Å². The second-order valence-corrected chi connectivity index (χ2v) is 8.64. The van der Waals surface area contributed by atoms with Crippen molar-refractivity contribution in [1.29, 1.82) is 0 Å². The molecule has 0 amide bonds. The third-order valence-corrected chi connectivity index (χ3v) is 5.87. The Bertz CT molecular complexity index is 800. The van der Waals surface area contributed by atoms with E-state index in [0.717, 1.165) is 24.8 Å². The standard InChI is InChI=1S/C29H42O4/c1-5-8-9-10-11-12-16-26(15-6-2)32-27-17-13-14-18-28(27)33-29(30)25-21-19-24(20-22-25)23(4)31-7-3/h13-14,17-23,26H,5-12,15-16H2,1-4H3. The molecule has 2 unspecified atom stereocenters. The van der Waals surface area contributed by atoms with Gasteiger partial charge in [0.2, 0.25) is 0 Å². The van der Waals surface area contributed by atoms with Gasteiger partial charge in [0.1, 0.15) is 0 Å². The van der Waals surface area contributed by atoms with Gasteiger partial charge in [-0.05, 0) is 62.9 Å². The number of benzene rings is 2. The van der Waals surface area contributed by atoms with Crippen LogP contribution in [0.4, 0.5) is 0 Å². The molecule has 2 atom stereocenters. The number of hydrogen-bond acceptors (Lipinski definition) is 4. The molecule has 0 aliphatic rings. The molecular weight excluding hydrogens is 412 g/mol. The molecule has 0 radical (unpaired) electrons. The Morgan fingerprint density at radius 3 is 2.12 bits per heavy atom. The van der Waals surface area contributed by atoms with E-state index in [1.165, 1.54) is 38.5 Å². The first kappa shape index (κ1) is 26.9. The van der Waals surface area contributed by atoms with Crippen molar-refractivity contribution in [2.45, 2.75) is 97.7 Å². The van der Waals surface area contributed by atoms with Crippen LogP contribution in [0, 0.1) is 0 Å². The molecular formula is C29H42O4. The molecule has 0 aromatic heterocycles. The van der Waals surface area contributed by atoms with Gasteiger partial charge in [0, 0.05) is 6.61 Å². The van der Waals surface area contributed by atoms with Crippen molar-refractivity contribution in [2.75, 3.05) is 6.61 Å². The minimum atomic E-state index is -0.385. The number of carbonyl (C=O) groups excluding carboxylic acids is 1. The number of carbonyl (C=O) groups is 1. The number of esters is 1. The van der Waals surface area contributed by atoms with Crippen LogP contribution in [0.2, 0.25) is 0 Å². The van der Waals surface area contributed by atoms with Gasteiger partial charge in [0.25, 0.3) is 0 Å². The van der Waals surface area contributed by atoms with E-state index in [1.54, 1.807) is 18.2 Å². The summed E-state index contributed by atoms with van der Waals surface area (Å²) in [5, 5.41) is 0. The summed E-state index contributed by atoms with van der Waals surface area (Å²) in [6.07, 6.45) is 10.9. The molecule has 33 heavy (non-hydrogen) atoms. The van der Waals surface area contributed by atoms with Crippen molar-refractivity contribution >= 4 is 5.97 Å². The number of hydrogen-bond donors (Lipinski definition) is 0. The summed E-state index contributed by atoms with van der Waals surface area (Å²) in [4.78, 5) is 12.8. The van der Waals surface area contributed by atoms with Crippen LogP contribution in [0.5, 0.6) is 11.5 Å². The molecule has 0 heterocycles. The average molecular weight is 455 g/mol. The summed E-state index contributed by atoms with van der Waals surface area (Å²) in [5.74, 6) is 0.722. The Morgan fingerprint density at radius 2 is 1.45 bits per heavy atom. The largest absolute Gasteiger partial charge is 0.487 e. The lowest BCUT2D eigenvalue weighted by atomic mass is 10.0. The zero-order chi connectivity index (χ0) is 23.9. The third kappa shape index (κ3) is 9.59. The SMILES string of the molecule is CCCCCCCCC(CCC)Oc1ccccc1OC(=O)c1ccc(C(C)OCC)cc1. The van der Waals surface area contributed by atoms with Gasteiger partial charge in [0.05, 0.1) is 17.8 Å². The van der Waals surface area contributed by atoms with Gasteiger partial charge in [0.15, 0.2) is 11.5 Å². The molecule has 4 heteroatoms. The lowest BCUT2D eigenvalue weighted by molar-refractivity contribution is 0.0717. The fraction of sp³-hybridized carbons (Fsp3) is 0.552. The van der Waals surface area contributed by atoms with Gasteiger partial charge in [-0.2, -0.15) is 0 Å². The third-order valence-electron chi connectivity index (χ3n) is 5.87. The second-order valence-electron chi connectivity index (χ2n) is 8.64. The lowest BCUT2D eigenvalue weighted by Gasteiger charge is -2.20. The highest BCUT2D eigenvalue weighted by Crippen LogP contribution is 2.30. The van der Waals surface area contributed by atoms with E-state index >= 15 is 0 Å². The monoisotopic (exact) mass is 454 g/mol. The second kappa shape index (κ2) is 15.5. The number of rotatable bonds is 16. The van der Waals surface area contributed by atoms with Crippen molar-refractivity contribution in [2.24, 2.45) is 0 Å². The maximum atomic E-state index is 12.8. The predicted octanol–water partition coefficient (Wildman–Crippen LogP) is 8.30. The van der Waals surface area contributed by atoms with Crippen LogP contribution in [-0.4, -0.2) is 18.7 Å². The molecule has 0 fully saturated rings. The van der Waals surface area contributed by atoms with E-state index in [9.17, 15) is 4.79 Å². The first-order valence-electron chi connectivity index (χ1n) is 12.8. The van der Waals surface area contributed by atoms with E-state index in [4.69, 9.17) is 14.2 Å². The molecule has 4 nitrogen and oxygen atoms in total. The maximum absolute atomic E-state index is 12.8. The molecule has 0 spiro atoms. The Hall–Kier alpha value is -2.33. The van der Waals surface area contributed by atoms with Gasteiger partial charge in [-0.1, -0.05) is 76.6 Å². The smallest absolute Gasteiger partial charge is 0.343 e. The van der Waals surface area contributed by atoms with Crippen molar-refractivity contribution in [1.82, 2.24) is 0 Å². The van der Waals surface area contributed by atoms with Crippen LogP contribution < -0.4 is 9.47 Å². The predicted molar refractivity (Wildman–Crippen MR) is 135 cm³/mol. The summed E-state index contributed by atoms with van der Waals surface area (Å²) in [7, 11) is 0. The first-order valence-corrected chi connectivity index (χ1v) is 12.8. The Labute approximate surface area is 200 Å². The molecule has 0 N–H and O–H groups in total. The van der Waals surface area contributed by atoms with Gasteiger partial charge in [-0.3, -0.25) is 0 Å². The summed E-state index contributed by atoms with van der Waals surface area (Å²) in [6, 6.07) is 14.9. The van der Waals surface area contributed by atoms with Crippen molar-refractivity contribution in [3.05, 3.63) is 59.7 Å². The number of unbranched alkanes of at least 4 members (excludes halogenated alkanes) is 5. The van der Waals surface area contributed by atoms with Crippen molar-refractivity contribution in [3.8, 4) is 11.5 Å². The molecule has 0 saturated carbocycles. The molecule has 182 valence electrons. The highest BCUT2D eigenvalue weighted by atomic mass is 16.6.